The maximum absolute atomic E-state index is 12.2. The number of aliphatic carboxylic acids is 1. The van der Waals surface area contributed by atoms with Gasteiger partial charge < -0.3 is 19.9 Å². The number of carbonyl (C=O) groups is 2. The molecule has 0 heterocycles. The summed E-state index contributed by atoms with van der Waals surface area (Å²) in [6.45, 7) is 0. The van der Waals surface area contributed by atoms with Gasteiger partial charge in [-0.2, -0.15) is 0 Å². The summed E-state index contributed by atoms with van der Waals surface area (Å²) in [5.41, 5.74) is 0.464. The van der Waals surface area contributed by atoms with Gasteiger partial charge in [-0.05, 0) is 37.5 Å². The summed E-state index contributed by atoms with van der Waals surface area (Å²) in [4.78, 5) is 23.1. The van der Waals surface area contributed by atoms with E-state index in [9.17, 15) is 9.59 Å². The molecule has 6 nitrogen and oxygen atoms in total. The molecule has 0 radical (unpaired) electrons. The molecular formula is C15H19NO5. The zero-order valence-corrected chi connectivity index (χ0v) is 12.1. The maximum Gasteiger partial charge on any atom is 0.306 e. The van der Waals surface area contributed by atoms with E-state index in [0.29, 0.717) is 36.3 Å². The normalized spacial score (nSPS) is 20.9. The number of hydrogen-bond acceptors (Lipinski definition) is 4. The minimum Gasteiger partial charge on any atom is -0.493 e. The van der Waals surface area contributed by atoms with E-state index in [1.807, 2.05) is 0 Å². The lowest BCUT2D eigenvalue weighted by Gasteiger charge is -2.14. The lowest BCUT2D eigenvalue weighted by molar-refractivity contribution is -0.141. The average Bonchev–Trinajstić information content (AvgIpc) is 2.95. The third-order valence-corrected chi connectivity index (χ3v) is 3.76. The minimum atomic E-state index is -0.794. The molecule has 0 spiro atoms. The van der Waals surface area contributed by atoms with Crippen molar-refractivity contribution >= 4 is 11.9 Å². The summed E-state index contributed by atoms with van der Waals surface area (Å²) in [6.07, 6.45) is 1.77. The van der Waals surface area contributed by atoms with Gasteiger partial charge >= 0.3 is 5.97 Å². The molecule has 0 bridgehead atoms. The summed E-state index contributed by atoms with van der Waals surface area (Å²) < 4.78 is 10.3. The highest BCUT2D eigenvalue weighted by Gasteiger charge is 2.30. The van der Waals surface area contributed by atoms with E-state index < -0.39 is 5.97 Å². The van der Waals surface area contributed by atoms with Gasteiger partial charge in [0.25, 0.3) is 5.91 Å². The molecule has 1 fully saturated rings. The molecule has 0 saturated heterocycles. The van der Waals surface area contributed by atoms with E-state index in [1.54, 1.807) is 18.2 Å². The second-order valence-electron chi connectivity index (χ2n) is 5.09. The molecule has 1 amide bonds. The summed E-state index contributed by atoms with van der Waals surface area (Å²) in [5, 5.41) is 11.8. The number of benzene rings is 1. The highest BCUT2D eigenvalue weighted by molar-refractivity contribution is 5.95. The minimum absolute atomic E-state index is 0.0910. The fourth-order valence-corrected chi connectivity index (χ4v) is 2.58. The number of nitrogens with one attached hydrogen (secondary N) is 1. The van der Waals surface area contributed by atoms with E-state index in [1.165, 1.54) is 14.2 Å². The van der Waals surface area contributed by atoms with Crippen molar-refractivity contribution in [3.05, 3.63) is 23.8 Å². The number of carboxylic acids is 1. The monoisotopic (exact) mass is 293 g/mol. The standard InChI is InChI=1S/C15H19NO5/c1-20-12-6-4-9(8-13(12)21-2)14(17)16-11-5-3-10(7-11)15(18)19/h4,6,8,10-11H,3,5,7H2,1-2H3,(H,16,17)(H,18,19). The van der Waals surface area contributed by atoms with Crippen LogP contribution in [0.15, 0.2) is 18.2 Å². The Morgan fingerprint density at radius 1 is 1.19 bits per heavy atom. The van der Waals surface area contributed by atoms with Crippen LogP contribution in [0.25, 0.3) is 0 Å². The molecule has 0 aromatic heterocycles. The van der Waals surface area contributed by atoms with Crippen LogP contribution in [0, 0.1) is 5.92 Å². The number of carboxylic acid groups (broad SMARTS) is 1. The number of carbonyl (C=O) groups excluding carboxylic acids is 1. The Bertz CT molecular complexity index is 543. The van der Waals surface area contributed by atoms with Crippen LogP contribution in [0.4, 0.5) is 0 Å². The van der Waals surface area contributed by atoms with Crippen molar-refractivity contribution in [3.8, 4) is 11.5 Å². The predicted molar refractivity (Wildman–Crippen MR) is 75.8 cm³/mol. The Kier molecular flexibility index (Phi) is 4.67. The predicted octanol–water partition coefficient (Wildman–Crippen LogP) is 1.69. The van der Waals surface area contributed by atoms with Gasteiger partial charge in [0.1, 0.15) is 0 Å². The third-order valence-electron chi connectivity index (χ3n) is 3.76. The van der Waals surface area contributed by atoms with Gasteiger partial charge in [0.2, 0.25) is 0 Å². The SMILES string of the molecule is COc1ccc(C(=O)NC2CCC(C(=O)O)C2)cc1OC. The molecule has 1 aliphatic carbocycles. The largest absolute Gasteiger partial charge is 0.493 e. The summed E-state index contributed by atoms with van der Waals surface area (Å²) in [5.74, 6) is -0.341. The van der Waals surface area contributed by atoms with Gasteiger partial charge in [0.05, 0.1) is 20.1 Å². The lowest BCUT2D eigenvalue weighted by atomic mass is 10.1. The quantitative estimate of drug-likeness (QED) is 0.863. The highest BCUT2D eigenvalue weighted by Crippen LogP contribution is 2.29. The summed E-state index contributed by atoms with van der Waals surface area (Å²) >= 11 is 0. The fourth-order valence-electron chi connectivity index (χ4n) is 2.58. The topological polar surface area (TPSA) is 84.9 Å². The Labute approximate surface area is 123 Å². The smallest absolute Gasteiger partial charge is 0.306 e. The number of hydrogen-bond donors (Lipinski definition) is 2. The van der Waals surface area contributed by atoms with Crippen molar-refractivity contribution < 1.29 is 24.2 Å². The van der Waals surface area contributed by atoms with E-state index >= 15 is 0 Å². The maximum atomic E-state index is 12.2. The number of methoxy groups -OCH3 is 2. The molecule has 0 aliphatic heterocycles. The Morgan fingerprint density at radius 3 is 2.48 bits per heavy atom. The van der Waals surface area contributed by atoms with Crippen molar-refractivity contribution in [2.24, 2.45) is 5.92 Å². The molecule has 114 valence electrons. The summed E-state index contributed by atoms with van der Waals surface area (Å²) in [6, 6.07) is 4.84. The van der Waals surface area contributed by atoms with E-state index in [4.69, 9.17) is 14.6 Å². The van der Waals surface area contributed by atoms with Gasteiger partial charge in [-0.3, -0.25) is 9.59 Å². The van der Waals surface area contributed by atoms with Crippen molar-refractivity contribution in [1.82, 2.24) is 5.32 Å². The van der Waals surface area contributed by atoms with Crippen molar-refractivity contribution in [2.75, 3.05) is 14.2 Å². The first-order valence-electron chi connectivity index (χ1n) is 6.80. The first-order chi connectivity index (χ1) is 10.0. The summed E-state index contributed by atoms with van der Waals surface area (Å²) in [7, 11) is 3.04. The highest BCUT2D eigenvalue weighted by atomic mass is 16.5. The molecule has 1 aliphatic rings. The molecule has 1 aromatic rings. The number of amides is 1. The van der Waals surface area contributed by atoms with Crippen molar-refractivity contribution in [1.29, 1.82) is 0 Å². The van der Waals surface area contributed by atoms with E-state index in [0.717, 1.165) is 0 Å². The van der Waals surface area contributed by atoms with Crippen LogP contribution in [0.3, 0.4) is 0 Å². The molecule has 21 heavy (non-hydrogen) atoms. The van der Waals surface area contributed by atoms with Crippen LogP contribution in [0.2, 0.25) is 0 Å². The molecular weight excluding hydrogens is 274 g/mol. The van der Waals surface area contributed by atoms with Crippen LogP contribution in [-0.4, -0.2) is 37.2 Å². The van der Waals surface area contributed by atoms with Gasteiger partial charge in [0.15, 0.2) is 11.5 Å². The number of rotatable bonds is 5. The number of ether oxygens (including phenoxy) is 2. The fraction of sp³-hybridized carbons (Fsp3) is 0.467. The Hall–Kier alpha value is -2.24. The van der Waals surface area contributed by atoms with Gasteiger partial charge in [-0.15, -0.1) is 0 Å². The van der Waals surface area contributed by atoms with Crippen LogP contribution < -0.4 is 14.8 Å². The first-order valence-corrected chi connectivity index (χ1v) is 6.80. The van der Waals surface area contributed by atoms with E-state index in [-0.39, 0.29) is 17.9 Å². The zero-order valence-electron chi connectivity index (χ0n) is 12.1. The van der Waals surface area contributed by atoms with E-state index in [2.05, 4.69) is 5.32 Å². The average molecular weight is 293 g/mol. The van der Waals surface area contributed by atoms with Crippen LogP contribution in [0.1, 0.15) is 29.6 Å². The second kappa shape index (κ2) is 6.47. The molecule has 2 atom stereocenters. The van der Waals surface area contributed by atoms with Gasteiger partial charge in [-0.25, -0.2) is 0 Å². The molecule has 2 N–H and O–H groups in total. The molecule has 2 rings (SSSR count). The van der Waals surface area contributed by atoms with Crippen molar-refractivity contribution in [3.63, 3.8) is 0 Å². The first kappa shape index (κ1) is 15.2. The van der Waals surface area contributed by atoms with Crippen LogP contribution >= 0.6 is 0 Å². The molecule has 2 unspecified atom stereocenters. The molecule has 1 aromatic carbocycles. The Balaban J connectivity index is 2.02. The molecule has 1 saturated carbocycles. The lowest BCUT2D eigenvalue weighted by Crippen LogP contribution is -2.33. The van der Waals surface area contributed by atoms with Crippen LogP contribution in [0.5, 0.6) is 11.5 Å². The third kappa shape index (κ3) is 3.45. The zero-order chi connectivity index (χ0) is 15.4. The Morgan fingerprint density at radius 2 is 1.90 bits per heavy atom. The van der Waals surface area contributed by atoms with Gasteiger partial charge in [0, 0.05) is 11.6 Å². The molecule has 6 heteroatoms. The van der Waals surface area contributed by atoms with Gasteiger partial charge in [-0.1, -0.05) is 0 Å². The van der Waals surface area contributed by atoms with Crippen LogP contribution in [-0.2, 0) is 4.79 Å². The van der Waals surface area contributed by atoms with Crippen molar-refractivity contribution in [2.45, 2.75) is 25.3 Å². The second-order valence-corrected chi connectivity index (χ2v) is 5.09.